The van der Waals surface area contributed by atoms with Gasteiger partial charge in [-0.1, -0.05) is 0 Å². The highest BCUT2D eigenvalue weighted by Gasteiger charge is 2.50. The van der Waals surface area contributed by atoms with E-state index in [1.807, 2.05) is 11.8 Å². The number of sulfonamides is 1. The second-order valence-corrected chi connectivity index (χ2v) is 9.38. The first-order valence-corrected chi connectivity index (χ1v) is 10.9. The average molecular weight is 403 g/mol. The Labute approximate surface area is 151 Å². The van der Waals surface area contributed by atoms with E-state index in [1.54, 1.807) is 7.05 Å². The summed E-state index contributed by atoms with van der Waals surface area (Å²) in [5.74, 6) is 3.04. The number of hydrogen-bond acceptors (Lipinski definition) is 4. The lowest BCUT2D eigenvalue weighted by Crippen LogP contribution is -2.49. The number of rotatable bonds is 4. The molecule has 0 aromatic carbocycles. The summed E-state index contributed by atoms with van der Waals surface area (Å²) >= 11 is 1.91. The van der Waals surface area contributed by atoms with Gasteiger partial charge in [0, 0.05) is 38.5 Å². The Balaban J connectivity index is 1.76. The predicted molar refractivity (Wildman–Crippen MR) is 94.1 cm³/mol. The molecule has 1 atom stereocenters. The molecule has 25 heavy (non-hydrogen) atoms. The van der Waals surface area contributed by atoms with E-state index in [1.165, 1.54) is 12.2 Å². The third-order valence-corrected chi connectivity index (χ3v) is 7.33. The first kappa shape index (κ1) is 20.6. The van der Waals surface area contributed by atoms with Gasteiger partial charge >= 0.3 is 15.5 Å². The Morgan fingerprint density at radius 3 is 2.48 bits per heavy atom. The molecule has 2 aliphatic rings. The molecule has 2 rings (SSSR count). The number of piperidine rings is 1. The number of thioether (sulfide) groups is 1. The van der Waals surface area contributed by atoms with Gasteiger partial charge in [-0.15, -0.1) is 0 Å². The standard InChI is InChI=1S/C14H25F3N4O2S2/c1-18-13(20-12-3-2-8-24-10-12)19-9-11-4-6-21(7-5-11)25(22,23)14(15,16)17/h11-12H,2-10H2,1H3,(H2,18,19,20). The first-order valence-electron chi connectivity index (χ1n) is 8.35. The fourth-order valence-corrected chi connectivity index (χ4v) is 5.04. The summed E-state index contributed by atoms with van der Waals surface area (Å²) in [6, 6.07) is 0.378. The molecule has 146 valence electrons. The average Bonchev–Trinajstić information content (AvgIpc) is 2.59. The number of nitrogens with zero attached hydrogens (tertiary/aromatic N) is 2. The van der Waals surface area contributed by atoms with Gasteiger partial charge in [-0.05, 0) is 37.4 Å². The summed E-state index contributed by atoms with van der Waals surface area (Å²) in [7, 11) is -3.52. The van der Waals surface area contributed by atoms with Gasteiger partial charge in [-0.3, -0.25) is 4.99 Å². The van der Waals surface area contributed by atoms with Gasteiger partial charge in [0.15, 0.2) is 5.96 Å². The van der Waals surface area contributed by atoms with E-state index in [-0.39, 0.29) is 19.0 Å². The molecule has 2 fully saturated rings. The van der Waals surface area contributed by atoms with E-state index < -0.39 is 15.5 Å². The normalized spacial score (nSPS) is 25.0. The van der Waals surface area contributed by atoms with Crippen LogP contribution in [0.4, 0.5) is 13.2 Å². The molecule has 0 aromatic heterocycles. The van der Waals surface area contributed by atoms with E-state index in [4.69, 9.17) is 0 Å². The van der Waals surface area contributed by atoms with Gasteiger partial charge in [-0.25, -0.2) is 8.42 Å². The summed E-state index contributed by atoms with van der Waals surface area (Å²) < 4.78 is 61.1. The molecule has 0 radical (unpaired) electrons. The third-order valence-electron chi connectivity index (χ3n) is 4.49. The molecule has 2 heterocycles. The molecule has 0 saturated carbocycles. The van der Waals surface area contributed by atoms with E-state index in [0.29, 0.717) is 35.7 Å². The fourth-order valence-electron chi connectivity index (χ4n) is 2.98. The minimum Gasteiger partial charge on any atom is -0.356 e. The van der Waals surface area contributed by atoms with Crippen LogP contribution >= 0.6 is 11.8 Å². The molecule has 0 bridgehead atoms. The van der Waals surface area contributed by atoms with Gasteiger partial charge in [-0.2, -0.15) is 29.2 Å². The molecule has 2 aliphatic heterocycles. The lowest BCUT2D eigenvalue weighted by molar-refractivity contribution is -0.0496. The Morgan fingerprint density at radius 1 is 1.28 bits per heavy atom. The van der Waals surface area contributed by atoms with Crippen molar-refractivity contribution in [3.63, 3.8) is 0 Å². The van der Waals surface area contributed by atoms with E-state index in [9.17, 15) is 21.6 Å². The van der Waals surface area contributed by atoms with Gasteiger partial charge < -0.3 is 10.6 Å². The summed E-state index contributed by atoms with van der Waals surface area (Å²) in [6.07, 6.45) is 3.07. The van der Waals surface area contributed by atoms with Gasteiger partial charge in [0.2, 0.25) is 0 Å². The zero-order valence-electron chi connectivity index (χ0n) is 14.2. The Morgan fingerprint density at radius 2 is 1.96 bits per heavy atom. The van der Waals surface area contributed by atoms with E-state index in [2.05, 4.69) is 15.6 Å². The topological polar surface area (TPSA) is 73.8 Å². The number of alkyl halides is 3. The zero-order valence-corrected chi connectivity index (χ0v) is 15.8. The third kappa shape index (κ3) is 5.65. The molecular weight excluding hydrogens is 377 g/mol. The zero-order chi connectivity index (χ0) is 18.5. The summed E-state index contributed by atoms with van der Waals surface area (Å²) in [4.78, 5) is 4.18. The van der Waals surface area contributed by atoms with Crippen molar-refractivity contribution >= 4 is 27.7 Å². The molecule has 0 aromatic rings. The molecule has 1 unspecified atom stereocenters. The Kier molecular flexibility index (Phi) is 7.27. The Bertz CT molecular complexity index is 555. The summed E-state index contributed by atoms with van der Waals surface area (Å²) in [5, 5.41) is 6.57. The minimum atomic E-state index is -5.22. The fraction of sp³-hybridized carbons (Fsp3) is 0.929. The van der Waals surface area contributed by atoms with Gasteiger partial charge in [0.25, 0.3) is 0 Å². The van der Waals surface area contributed by atoms with Crippen LogP contribution in [0.1, 0.15) is 25.7 Å². The van der Waals surface area contributed by atoms with Crippen LogP contribution in [0.25, 0.3) is 0 Å². The number of nitrogens with one attached hydrogen (secondary N) is 2. The van der Waals surface area contributed by atoms with Crippen molar-refractivity contribution in [1.29, 1.82) is 0 Å². The summed E-state index contributed by atoms with van der Waals surface area (Å²) in [5.41, 5.74) is -5.22. The van der Waals surface area contributed by atoms with Crippen molar-refractivity contribution in [2.45, 2.75) is 37.2 Å². The van der Waals surface area contributed by atoms with Crippen molar-refractivity contribution < 1.29 is 21.6 Å². The van der Waals surface area contributed by atoms with Crippen LogP contribution in [-0.2, 0) is 10.0 Å². The van der Waals surface area contributed by atoms with Crippen LogP contribution in [0.15, 0.2) is 4.99 Å². The van der Waals surface area contributed by atoms with Crippen LogP contribution in [0.5, 0.6) is 0 Å². The van der Waals surface area contributed by atoms with Crippen LogP contribution in [-0.4, -0.2) is 68.4 Å². The number of aliphatic imine (C=N–C) groups is 1. The van der Waals surface area contributed by atoms with Gasteiger partial charge in [0.05, 0.1) is 0 Å². The minimum absolute atomic E-state index is 0.0977. The Hall–Kier alpha value is -0.680. The van der Waals surface area contributed by atoms with Crippen LogP contribution < -0.4 is 10.6 Å². The molecule has 0 amide bonds. The molecule has 2 N–H and O–H groups in total. The van der Waals surface area contributed by atoms with Crippen molar-refractivity contribution in [2.75, 3.05) is 38.2 Å². The maximum Gasteiger partial charge on any atom is 0.511 e. The molecule has 11 heteroatoms. The lowest BCUT2D eigenvalue weighted by Gasteiger charge is -2.32. The van der Waals surface area contributed by atoms with Crippen molar-refractivity contribution in [1.82, 2.24) is 14.9 Å². The smallest absolute Gasteiger partial charge is 0.356 e. The highest BCUT2D eigenvalue weighted by molar-refractivity contribution is 7.99. The molecule has 0 aliphatic carbocycles. The van der Waals surface area contributed by atoms with E-state index >= 15 is 0 Å². The number of hydrogen-bond donors (Lipinski definition) is 2. The van der Waals surface area contributed by atoms with Crippen molar-refractivity contribution in [3.05, 3.63) is 0 Å². The molecule has 6 nitrogen and oxygen atoms in total. The summed E-state index contributed by atoms with van der Waals surface area (Å²) in [6.45, 7) is 0.373. The second-order valence-electron chi connectivity index (χ2n) is 6.30. The maximum atomic E-state index is 12.6. The quantitative estimate of drug-likeness (QED) is 0.552. The van der Waals surface area contributed by atoms with Crippen molar-refractivity contribution in [3.8, 4) is 0 Å². The predicted octanol–water partition coefficient (Wildman–Crippen LogP) is 1.61. The van der Waals surface area contributed by atoms with E-state index in [0.717, 1.165) is 12.2 Å². The van der Waals surface area contributed by atoms with Crippen LogP contribution in [0, 0.1) is 5.92 Å². The van der Waals surface area contributed by atoms with Gasteiger partial charge in [0.1, 0.15) is 0 Å². The molecule has 0 spiro atoms. The van der Waals surface area contributed by atoms with Crippen LogP contribution in [0.3, 0.4) is 0 Å². The lowest BCUT2D eigenvalue weighted by atomic mass is 9.98. The monoisotopic (exact) mass is 402 g/mol. The molecule has 2 saturated heterocycles. The highest BCUT2D eigenvalue weighted by atomic mass is 32.2. The SMILES string of the molecule is CN=C(NCC1CCN(S(=O)(=O)C(F)(F)F)CC1)NC1CCCSC1. The largest absolute Gasteiger partial charge is 0.511 e. The maximum absolute atomic E-state index is 12.6. The number of guanidine groups is 1. The second kappa shape index (κ2) is 8.81. The highest BCUT2D eigenvalue weighted by Crippen LogP contribution is 2.30. The number of halogens is 3. The van der Waals surface area contributed by atoms with Crippen LogP contribution in [0.2, 0.25) is 0 Å². The molecular formula is C14H25F3N4O2S2. The van der Waals surface area contributed by atoms with Crippen molar-refractivity contribution in [2.24, 2.45) is 10.9 Å². The first-order chi connectivity index (χ1) is 11.7.